The van der Waals surface area contributed by atoms with E-state index in [1.165, 1.54) is 36.0 Å². The van der Waals surface area contributed by atoms with Gasteiger partial charge in [-0.25, -0.2) is 4.68 Å². The first kappa shape index (κ1) is 14.4. The van der Waals surface area contributed by atoms with Crippen LogP contribution in [0.4, 0.5) is 5.69 Å². The van der Waals surface area contributed by atoms with E-state index in [0.717, 1.165) is 0 Å². The number of carbonyl (C=O) groups is 1. The first-order chi connectivity index (χ1) is 9.95. The number of para-hydroxylation sites is 2. The molecule has 8 heteroatoms. The van der Waals surface area contributed by atoms with E-state index < -0.39 is 16.3 Å². The van der Waals surface area contributed by atoms with Crippen molar-refractivity contribution >= 4 is 11.6 Å². The van der Waals surface area contributed by atoms with Gasteiger partial charge >= 0.3 is 0 Å². The lowest BCUT2D eigenvalue weighted by atomic mass is 10.2. The van der Waals surface area contributed by atoms with Gasteiger partial charge in [-0.2, -0.15) is 5.10 Å². The van der Waals surface area contributed by atoms with Crippen molar-refractivity contribution < 1.29 is 9.72 Å². The zero-order chi connectivity index (χ0) is 15.6. The second kappa shape index (κ2) is 5.53. The molecule has 0 saturated heterocycles. The molecule has 0 fully saturated rings. The van der Waals surface area contributed by atoms with E-state index in [1.54, 1.807) is 13.0 Å². The Morgan fingerprint density at radius 2 is 2.05 bits per heavy atom. The third-order valence-corrected chi connectivity index (χ3v) is 2.86. The third kappa shape index (κ3) is 2.64. The topological polar surface area (TPSA) is 107 Å². The molecule has 1 N–H and O–H groups in total. The van der Waals surface area contributed by atoms with Gasteiger partial charge in [0, 0.05) is 24.9 Å². The molecule has 1 aromatic carbocycles. The van der Waals surface area contributed by atoms with Gasteiger partial charge in [0.2, 0.25) is 5.43 Å². The highest BCUT2D eigenvalue weighted by Gasteiger charge is 2.19. The largest absolute Gasteiger partial charge is 0.354 e. The molecule has 1 amide bonds. The fourth-order valence-electron chi connectivity index (χ4n) is 1.86. The maximum Gasteiger partial charge on any atom is 0.294 e. The fourth-order valence-corrected chi connectivity index (χ4v) is 1.86. The summed E-state index contributed by atoms with van der Waals surface area (Å²) in [7, 11) is 1.37. The molecule has 0 bridgehead atoms. The predicted molar refractivity (Wildman–Crippen MR) is 74.6 cm³/mol. The monoisotopic (exact) mass is 288 g/mol. The maximum absolute atomic E-state index is 11.8. The molecule has 0 unspecified atom stereocenters. The summed E-state index contributed by atoms with van der Waals surface area (Å²) in [5.74, 6) is -0.646. The molecule has 0 saturated carbocycles. The van der Waals surface area contributed by atoms with E-state index in [0.29, 0.717) is 5.69 Å². The Labute approximate surface area is 119 Å². The highest BCUT2D eigenvalue weighted by Crippen LogP contribution is 2.22. The van der Waals surface area contributed by atoms with Crippen LogP contribution < -0.4 is 10.7 Å². The Kier molecular flexibility index (Phi) is 3.79. The Morgan fingerprint density at radius 1 is 1.38 bits per heavy atom. The standard InChI is InChI=1S/C13H12N4O4/c1-8-7-11(18)12(13(19)14-2)15-16(8)9-5-3-4-6-10(9)17(20)21/h3-7H,1-2H3,(H,14,19). The molecule has 21 heavy (non-hydrogen) atoms. The quantitative estimate of drug-likeness (QED) is 0.664. The zero-order valence-electron chi connectivity index (χ0n) is 11.4. The van der Waals surface area contributed by atoms with Crippen LogP contribution in [0.3, 0.4) is 0 Å². The number of nitrogens with one attached hydrogen (secondary N) is 1. The molecule has 1 aromatic heterocycles. The average Bonchev–Trinajstić information content (AvgIpc) is 2.46. The van der Waals surface area contributed by atoms with Crippen LogP contribution >= 0.6 is 0 Å². The van der Waals surface area contributed by atoms with Crippen molar-refractivity contribution in [3.05, 3.63) is 62.1 Å². The number of benzene rings is 1. The minimum absolute atomic E-state index is 0.167. The van der Waals surface area contributed by atoms with Crippen molar-refractivity contribution in [2.75, 3.05) is 7.05 Å². The summed E-state index contributed by atoms with van der Waals surface area (Å²) >= 11 is 0. The molecule has 0 aliphatic heterocycles. The molecule has 0 aliphatic rings. The molecule has 2 rings (SSSR count). The summed E-state index contributed by atoms with van der Waals surface area (Å²) in [6.45, 7) is 1.58. The van der Waals surface area contributed by atoms with Crippen molar-refractivity contribution in [3.63, 3.8) is 0 Å². The molecular weight excluding hydrogens is 276 g/mol. The fraction of sp³-hybridized carbons (Fsp3) is 0.154. The van der Waals surface area contributed by atoms with Crippen LogP contribution in [-0.4, -0.2) is 27.7 Å². The average molecular weight is 288 g/mol. The molecular formula is C13H12N4O4. The van der Waals surface area contributed by atoms with Crippen molar-refractivity contribution in [3.8, 4) is 5.69 Å². The highest BCUT2D eigenvalue weighted by molar-refractivity contribution is 5.91. The number of hydrogen-bond donors (Lipinski definition) is 1. The van der Waals surface area contributed by atoms with Crippen LogP contribution in [0.15, 0.2) is 35.1 Å². The van der Waals surface area contributed by atoms with Crippen LogP contribution in [-0.2, 0) is 0 Å². The van der Waals surface area contributed by atoms with Crippen LogP contribution in [0.2, 0.25) is 0 Å². The number of amides is 1. The van der Waals surface area contributed by atoms with Gasteiger partial charge in [0.1, 0.15) is 5.69 Å². The van der Waals surface area contributed by atoms with Gasteiger partial charge in [0.25, 0.3) is 11.6 Å². The number of aromatic nitrogens is 2. The van der Waals surface area contributed by atoms with E-state index in [2.05, 4.69) is 10.4 Å². The summed E-state index contributed by atoms with van der Waals surface area (Å²) in [5.41, 5.74) is -0.449. The maximum atomic E-state index is 11.8. The second-order valence-electron chi connectivity index (χ2n) is 4.24. The zero-order valence-corrected chi connectivity index (χ0v) is 11.4. The number of rotatable bonds is 3. The van der Waals surface area contributed by atoms with Gasteiger partial charge in [-0.05, 0) is 13.0 Å². The molecule has 0 spiro atoms. The van der Waals surface area contributed by atoms with E-state index in [4.69, 9.17) is 0 Å². The molecule has 8 nitrogen and oxygen atoms in total. The summed E-state index contributed by atoms with van der Waals surface area (Å²) < 4.78 is 1.21. The lowest BCUT2D eigenvalue weighted by Crippen LogP contribution is -2.29. The van der Waals surface area contributed by atoms with E-state index in [9.17, 15) is 19.7 Å². The summed E-state index contributed by atoms with van der Waals surface area (Å²) in [5, 5.41) is 17.3. The van der Waals surface area contributed by atoms with Crippen molar-refractivity contribution in [2.24, 2.45) is 0 Å². The summed E-state index contributed by atoms with van der Waals surface area (Å²) in [4.78, 5) is 33.9. The lowest BCUT2D eigenvalue weighted by molar-refractivity contribution is -0.384. The van der Waals surface area contributed by atoms with E-state index in [-0.39, 0.29) is 17.1 Å². The van der Waals surface area contributed by atoms with Crippen molar-refractivity contribution in [2.45, 2.75) is 6.92 Å². The molecule has 2 aromatic rings. The molecule has 0 aliphatic carbocycles. The van der Waals surface area contributed by atoms with Crippen molar-refractivity contribution in [1.29, 1.82) is 0 Å². The van der Waals surface area contributed by atoms with Gasteiger partial charge < -0.3 is 5.32 Å². The normalized spacial score (nSPS) is 10.2. The number of carbonyl (C=O) groups excluding carboxylic acids is 1. The van der Waals surface area contributed by atoms with Gasteiger partial charge in [-0.3, -0.25) is 19.7 Å². The minimum atomic E-state index is -0.646. The summed E-state index contributed by atoms with van der Waals surface area (Å²) in [6.07, 6.45) is 0. The van der Waals surface area contributed by atoms with Crippen LogP contribution in [0.5, 0.6) is 0 Å². The molecule has 1 heterocycles. The second-order valence-corrected chi connectivity index (χ2v) is 4.24. The number of hydrogen-bond acceptors (Lipinski definition) is 5. The Bertz CT molecular complexity index is 782. The minimum Gasteiger partial charge on any atom is -0.354 e. The smallest absolute Gasteiger partial charge is 0.294 e. The molecule has 0 atom stereocenters. The highest BCUT2D eigenvalue weighted by atomic mass is 16.6. The SMILES string of the molecule is CNC(=O)c1nn(-c2ccccc2[N+](=O)[O-])c(C)cc1=O. The Hall–Kier alpha value is -3.03. The first-order valence-corrected chi connectivity index (χ1v) is 6.02. The van der Waals surface area contributed by atoms with E-state index >= 15 is 0 Å². The van der Waals surface area contributed by atoms with Crippen LogP contribution in [0.1, 0.15) is 16.2 Å². The number of nitrogens with zero attached hydrogens (tertiary/aromatic N) is 3. The van der Waals surface area contributed by atoms with E-state index in [1.807, 2.05) is 0 Å². The van der Waals surface area contributed by atoms with Gasteiger partial charge in [-0.1, -0.05) is 12.1 Å². The summed E-state index contributed by atoms with van der Waals surface area (Å²) in [6, 6.07) is 7.18. The lowest BCUT2D eigenvalue weighted by Gasteiger charge is -2.10. The first-order valence-electron chi connectivity index (χ1n) is 6.02. The van der Waals surface area contributed by atoms with Gasteiger partial charge in [0.15, 0.2) is 5.69 Å². The predicted octanol–water partition coefficient (Wildman–Crippen LogP) is 0.809. The number of aryl methyl sites for hydroxylation is 1. The number of nitro groups is 1. The van der Waals surface area contributed by atoms with Crippen LogP contribution in [0.25, 0.3) is 5.69 Å². The van der Waals surface area contributed by atoms with Gasteiger partial charge in [-0.15, -0.1) is 0 Å². The Balaban J connectivity index is 2.73. The number of nitro benzene ring substituents is 1. The Morgan fingerprint density at radius 3 is 2.67 bits per heavy atom. The van der Waals surface area contributed by atoms with Crippen LogP contribution in [0, 0.1) is 17.0 Å². The van der Waals surface area contributed by atoms with Crippen molar-refractivity contribution in [1.82, 2.24) is 15.1 Å². The molecule has 0 radical (unpaired) electrons. The molecule has 108 valence electrons. The third-order valence-electron chi connectivity index (χ3n) is 2.86. The van der Waals surface area contributed by atoms with Gasteiger partial charge in [0.05, 0.1) is 4.92 Å².